The van der Waals surface area contributed by atoms with Gasteiger partial charge in [0.05, 0.1) is 0 Å². The van der Waals surface area contributed by atoms with Gasteiger partial charge in [-0.3, -0.25) is 10.5 Å². The first-order valence-electron chi connectivity index (χ1n) is 0.200. The average molecular weight is 177 g/mol. The molecule has 0 aromatic rings. The molecule has 8 heteroatoms. The van der Waals surface area contributed by atoms with Crippen molar-refractivity contribution in [1.82, 2.24) is 0 Å². The number of rotatable bonds is 0. The molecule has 8 heavy (non-hydrogen) atoms. The Morgan fingerprint density at radius 2 is 0.500 bits per heavy atom. The van der Waals surface area contributed by atoms with Crippen LogP contribution in [0.5, 0.6) is 0 Å². The van der Waals surface area contributed by atoms with Crippen molar-refractivity contribution in [3.63, 3.8) is 0 Å². The van der Waals surface area contributed by atoms with Crippen molar-refractivity contribution in [1.29, 1.82) is 0 Å². The standard InChI is InChI=1S/H2O2.5H2O.V.2H/c1-2;;;;;;;;/h1-2H;5*1H2;;;. The Bertz CT molecular complexity index is 4.35. The topological polar surface area (TPSA) is 198 Å². The maximum atomic E-state index is 6.00. The molecular formula is H14O7V. The summed E-state index contributed by atoms with van der Waals surface area (Å²) in [6.07, 6.45) is 0. The fraction of sp³-hybridized carbons (Fsp3) is 0. The molecule has 0 aliphatic rings. The minimum atomic E-state index is 0. The Kier molecular flexibility index (Phi) is 102000. The second-order valence-corrected chi connectivity index (χ2v) is 0. The van der Waals surface area contributed by atoms with Gasteiger partial charge in [0.15, 0.2) is 0 Å². The number of hydrogen-bond donors (Lipinski definition) is 2. The summed E-state index contributed by atoms with van der Waals surface area (Å²) in [5.41, 5.74) is 0. The van der Waals surface area contributed by atoms with Crippen molar-refractivity contribution in [3.8, 4) is 0 Å². The fourth-order valence-corrected chi connectivity index (χ4v) is 0. The summed E-state index contributed by atoms with van der Waals surface area (Å²) in [6.45, 7) is 0. The molecule has 0 aromatic heterocycles. The zero-order valence-electron chi connectivity index (χ0n) is 3.97. The molecule has 0 unspecified atom stereocenters. The van der Waals surface area contributed by atoms with E-state index in [1.807, 2.05) is 0 Å². The van der Waals surface area contributed by atoms with Crippen molar-refractivity contribution in [3.05, 3.63) is 0 Å². The molecule has 0 aromatic carbocycles. The molecule has 61 valence electrons. The van der Waals surface area contributed by atoms with Gasteiger partial charge >= 0.3 is 18.6 Å². The van der Waals surface area contributed by atoms with E-state index in [0.717, 1.165) is 0 Å². The van der Waals surface area contributed by atoms with E-state index in [-0.39, 0.29) is 45.9 Å². The van der Waals surface area contributed by atoms with E-state index in [1.54, 1.807) is 0 Å². The van der Waals surface area contributed by atoms with Gasteiger partial charge in [-0.2, -0.15) is 0 Å². The molecule has 0 saturated carbocycles. The van der Waals surface area contributed by atoms with E-state index in [1.165, 1.54) is 0 Å². The molecule has 0 saturated heterocycles. The van der Waals surface area contributed by atoms with Crippen molar-refractivity contribution in [2.24, 2.45) is 0 Å². The Morgan fingerprint density at radius 1 is 0.500 bits per heavy atom. The van der Waals surface area contributed by atoms with E-state index in [0.29, 0.717) is 0 Å². The van der Waals surface area contributed by atoms with E-state index in [4.69, 9.17) is 10.5 Å². The van der Waals surface area contributed by atoms with Gasteiger partial charge in [0.25, 0.3) is 0 Å². The third-order valence-electron chi connectivity index (χ3n) is 0. The first-order chi connectivity index (χ1) is 1.00. The predicted octanol–water partition coefficient (Wildman–Crippen LogP) is -4.64. The molecule has 0 amide bonds. The van der Waals surface area contributed by atoms with Crippen LogP contribution in [0.25, 0.3) is 0 Å². The quantitative estimate of drug-likeness (QED) is 0.277. The SMILES string of the molecule is O.O.O.O.O.OO.[VH2]. The molecule has 0 fully saturated rings. The van der Waals surface area contributed by atoms with Gasteiger partial charge in [0.1, 0.15) is 0 Å². The van der Waals surface area contributed by atoms with Crippen LogP contribution in [0.4, 0.5) is 0 Å². The maximum absolute atomic E-state index is 6.00. The summed E-state index contributed by atoms with van der Waals surface area (Å²) >= 11 is 0. The van der Waals surface area contributed by atoms with Crippen LogP contribution in [0.15, 0.2) is 0 Å². The molecule has 0 aliphatic heterocycles. The van der Waals surface area contributed by atoms with Crippen molar-refractivity contribution < 1.29 is 56.5 Å². The van der Waals surface area contributed by atoms with Crippen LogP contribution in [0.1, 0.15) is 0 Å². The van der Waals surface area contributed by atoms with Gasteiger partial charge < -0.3 is 27.4 Å². The second-order valence-electron chi connectivity index (χ2n) is 0. The van der Waals surface area contributed by atoms with E-state index < -0.39 is 0 Å². The molecule has 0 spiro atoms. The molecule has 7 nitrogen and oxygen atoms in total. The first-order valence-corrected chi connectivity index (χ1v) is 0.200. The molecule has 12 N–H and O–H groups in total. The van der Waals surface area contributed by atoms with Crippen LogP contribution in [0.2, 0.25) is 0 Å². The third-order valence-corrected chi connectivity index (χ3v) is 0. The van der Waals surface area contributed by atoms with Crippen LogP contribution in [-0.4, -0.2) is 37.9 Å². The van der Waals surface area contributed by atoms with Crippen LogP contribution >= 0.6 is 0 Å². The van der Waals surface area contributed by atoms with Crippen LogP contribution in [0, 0.1) is 0 Å². The average Bonchev–Trinajstić information content (AvgIpc) is 1.00. The van der Waals surface area contributed by atoms with Crippen LogP contribution in [0.3, 0.4) is 0 Å². The summed E-state index contributed by atoms with van der Waals surface area (Å²) in [4.78, 5) is 0. The second kappa shape index (κ2) is 3130. The van der Waals surface area contributed by atoms with Gasteiger partial charge in [-0.1, -0.05) is 0 Å². The summed E-state index contributed by atoms with van der Waals surface area (Å²) in [6, 6.07) is 0. The fourth-order valence-electron chi connectivity index (χ4n) is 0. The predicted molar refractivity (Wildman–Crippen MR) is 26.1 cm³/mol. The molecule has 0 rings (SSSR count). The first kappa shape index (κ1) is 260. The number of hydrogen-bond acceptors (Lipinski definition) is 2. The Hall–Kier alpha value is 0.304. The summed E-state index contributed by atoms with van der Waals surface area (Å²) in [7, 11) is 0. The summed E-state index contributed by atoms with van der Waals surface area (Å²) in [5, 5.41) is 12.0. The molecule has 0 aliphatic carbocycles. The van der Waals surface area contributed by atoms with Gasteiger partial charge in [-0.25, -0.2) is 0 Å². The molecule has 0 heterocycles. The van der Waals surface area contributed by atoms with E-state index >= 15 is 0 Å². The molecule has 0 bridgehead atoms. The van der Waals surface area contributed by atoms with Gasteiger partial charge in [0, 0.05) is 0 Å². The Balaban J connectivity index is -0.000000000333. The van der Waals surface area contributed by atoms with Gasteiger partial charge in [-0.05, 0) is 0 Å². The monoisotopic (exact) mass is 177 g/mol. The van der Waals surface area contributed by atoms with Crippen molar-refractivity contribution >= 4 is 0 Å². The van der Waals surface area contributed by atoms with Crippen molar-refractivity contribution in [2.45, 2.75) is 0 Å². The molecule has 1 radical (unpaired) electrons. The summed E-state index contributed by atoms with van der Waals surface area (Å²) < 4.78 is 0. The Labute approximate surface area is 57.3 Å². The normalized spacial score (nSPS) is 0.750. The van der Waals surface area contributed by atoms with E-state index in [2.05, 4.69) is 0 Å². The molecular weight excluding hydrogens is 163 g/mol. The van der Waals surface area contributed by atoms with E-state index in [9.17, 15) is 0 Å². The Morgan fingerprint density at radius 3 is 0.500 bits per heavy atom. The van der Waals surface area contributed by atoms with Crippen LogP contribution in [-0.2, 0) is 18.6 Å². The van der Waals surface area contributed by atoms with Gasteiger partial charge in [0.2, 0.25) is 0 Å². The molecule has 0 atom stereocenters. The van der Waals surface area contributed by atoms with Crippen molar-refractivity contribution in [2.75, 3.05) is 0 Å². The minimum absolute atomic E-state index is 0. The van der Waals surface area contributed by atoms with Crippen LogP contribution < -0.4 is 0 Å². The van der Waals surface area contributed by atoms with Gasteiger partial charge in [-0.15, -0.1) is 0 Å². The third kappa shape index (κ3) is 1910. The summed E-state index contributed by atoms with van der Waals surface area (Å²) in [5.74, 6) is 0. The zero-order chi connectivity index (χ0) is 2.00. The zero-order valence-corrected chi connectivity index (χ0v) is 5.77.